The van der Waals surface area contributed by atoms with Gasteiger partial charge >= 0.3 is 0 Å². The predicted octanol–water partition coefficient (Wildman–Crippen LogP) is 1.34. The molecule has 3 fully saturated rings. The van der Waals surface area contributed by atoms with E-state index in [1.54, 1.807) is 0 Å². The third kappa shape index (κ3) is 0.651. The van der Waals surface area contributed by atoms with Crippen LogP contribution >= 0.6 is 0 Å². The summed E-state index contributed by atoms with van der Waals surface area (Å²) in [5.41, 5.74) is 0.508. The summed E-state index contributed by atoms with van der Waals surface area (Å²) in [5.74, 6) is 0. The van der Waals surface area contributed by atoms with Crippen LogP contribution in [0.5, 0.6) is 0 Å². The smallest absolute Gasteiger partial charge is 0.116 e. The molecule has 2 saturated heterocycles. The van der Waals surface area contributed by atoms with Gasteiger partial charge in [0, 0.05) is 0 Å². The van der Waals surface area contributed by atoms with Crippen LogP contribution in [-0.2, 0) is 9.47 Å². The van der Waals surface area contributed by atoms with Crippen LogP contribution in [0.15, 0.2) is 0 Å². The summed E-state index contributed by atoms with van der Waals surface area (Å²) >= 11 is 0. The third-order valence-corrected chi connectivity index (χ3v) is 3.34. The average molecular weight is 154 g/mol. The molecule has 2 aliphatic heterocycles. The Hall–Kier alpha value is -0.0800. The van der Waals surface area contributed by atoms with Crippen molar-refractivity contribution in [2.75, 3.05) is 0 Å². The summed E-state index contributed by atoms with van der Waals surface area (Å²) in [6.45, 7) is 6.76. The monoisotopic (exact) mass is 154 g/mol. The SMILES string of the molecule is CC1(C)C[C@@]2(C)O[C@H]2[C@H]2O[C@H]21. The Morgan fingerprint density at radius 1 is 1.18 bits per heavy atom. The first-order valence-electron chi connectivity index (χ1n) is 4.36. The van der Waals surface area contributed by atoms with Gasteiger partial charge in [0.25, 0.3) is 0 Å². The van der Waals surface area contributed by atoms with Crippen molar-refractivity contribution >= 4 is 0 Å². The van der Waals surface area contributed by atoms with Gasteiger partial charge in [-0.3, -0.25) is 0 Å². The minimum atomic E-state index is 0.168. The van der Waals surface area contributed by atoms with Crippen molar-refractivity contribution in [1.82, 2.24) is 0 Å². The van der Waals surface area contributed by atoms with Crippen LogP contribution in [0, 0.1) is 5.41 Å². The molecule has 3 aliphatic rings. The lowest BCUT2D eigenvalue weighted by Crippen LogP contribution is -2.35. The fourth-order valence-electron chi connectivity index (χ4n) is 2.80. The van der Waals surface area contributed by atoms with Crippen molar-refractivity contribution in [2.45, 2.75) is 51.1 Å². The van der Waals surface area contributed by atoms with Crippen molar-refractivity contribution in [3.8, 4) is 0 Å². The van der Waals surface area contributed by atoms with E-state index >= 15 is 0 Å². The zero-order valence-electron chi connectivity index (χ0n) is 7.26. The normalized spacial score (nSPS) is 63.0. The molecule has 2 nitrogen and oxygen atoms in total. The molecule has 1 saturated carbocycles. The van der Waals surface area contributed by atoms with E-state index in [1.165, 1.54) is 0 Å². The lowest BCUT2D eigenvalue weighted by molar-refractivity contribution is 0.166. The second-order valence-electron chi connectivity index (χ2n) is 5.04. The Bertz CT molecular complexity index is 224. The number of fused-ring (bicyclic) bond motifs is 3. The highest BCUT2D eigenvalue weighted by molar-refractivity contribution is 5.20. The van der Waals surface area contributed by atoms with Crippen molar-refractivity contribution in [1.29, 1.82) is 0 Å². The van der Waals surface area contributed by atoms with E-state index in [2.05, 4.69) is 20.8 Å². The molecule has 62 valence electrons. The van der Waals surface area contributed by atoms with Gasteiger partial charge in [-0.15, -0.1) is 0 Å². The topological polar surface area (TPSA) is 25.1 Å². The van der Waals surface area contributed by atoms with Gasteiger partial charge in [-0.1, -0.05) is 13.8 Å². The first kappa shape index (κ1) is 6.44. The molecule has 0 spiro atoms. The number of hydrogen-bond acceptors (Lipinski definition) is 2. The maximum absolute atomic E-state index is 5.63. The highest BCUT2D eigenvalue weighted by Gasteiger charge is 2.73. The molecule has 0 aromatic carbocycles. The van der Waals surface area contributed by atoms with E-state index in [0.29, 0.717) is 23.7 Å². The summed E-state index contributed by atoms with van der Waals surface area (Å²) in [7, 11) is 0. The van der Waals surface area contributed by atoms with Gasteiger partial charge in [0.15, 0.2) is 0 Å². The second kappa shape index (κ2) is 1.38. The van der Waals surface area contributed by atoms with Crippen molar-refractivity contribution in [2.24, 2.45) is 5.41 Å². The maximum Gasteiger partial charge on any atom is 0.116 e. The molecular weight excluding hydrogens is 140 g/mol. The minimum Gasteiger partial charge on any atom is -0.366 e. The molecule has 0 unspecified atom stereocenters. The Morgan fingerprint density at radius 2 is 1.91 bits per heavy atom. The molecule has 1 aliphatic carbocycles. The van der Waals surface area contributed by atoms with E-state index in [9.17, 15) is 0 Å². The molecule has 0 aromatic heterocycles. The zero-order chi connectivity index (χ0) is 7.85. The second-order valence-corrected chi connectivity index (χ2v) is 5.04. The maximum atomic E-state index is 5.63. The van der Waals surface area contributed by atoms with Crippen LogP contribution in [0.4, 0.5) is 0 Å². The molecule has 0 aromatic rings. The first-order chi connectivity index (χ1) is 5.03. The Labute approximate surface area is 66.9 Å². The molecule has 4 atom stereocenters. The van der Waals surface area contributed by atoms with Crippen LogP contribution in [0.25, 0.3) is 0 Å². The fourth-order valence-corrected chi connectivity index (χ4v) is 2.80. The molecule has 0 radical (unpaired) electrons. The molecule has 2 heterocycles. The van der Waals surface area contributed by atoms with Gasteiger partial charge < -0.3 is 9.47 Å². The lowest BCUT2D eigenvalue weighted by Gasteiger charge is -2.27. The molecule has 0 bridgehead atoms. The number of hydrogen-bond donors (Lipinski definition) is 0. The summed E-state index contributed by atoms with van der Waals surface area (Å²) in [6, 6.07) is 0. The number of epoxide rings is 2. The van der Waals surface area contributed by atoms with Gasteiger partial charge in [-0.2, -0.15) is 0 Å². The van der Waals surface area contributed by atoms with Gasteiger partial charge in [-0.05, 0) is 18.8 Å². The zero-order valence-corrected chi connectivity index (χ0v) is 7.26. The predicted molar refractivity (Wildman–Crippen MR) is 40.3 cm³/mol. The van der Waals surface area contributed by atoms with Gasteiger partial charge in [0.05, 0.1) is 11.7 Å². The van der Waals surface area contributed by atoms with Gasteiger partial charge in [-0.25, -0.2) is 0 Å². The highest BCUT2D eigenvalue weighted by Crippen LogP contribution is 2.61. The quantitative estimate of drug-likeness (QED) is 0.492. The van der Waals surface area contributed by atoms with Gasteiger partial charge in [0.2, 0.25) is 0 Å². The van der Waals surface area contributed by atoms with Crippen LogP contribution < -0.4 is 0 Å². The van der Waals surface area contributed by atoms with E-state index in [-0.39, 0.29) is 5.60 Å². The molecule has 2 heteroatoms. The van der Waals surface area contributed by atoms with E-state index < -0.39 is 0 Å². The molecule has 11 heavy (non-hydrogen) atoms. The van der Waals surface area contributed by atoms with Crippen LogP contribution in [0.2, 0.25) is 0 Å². The lowest BCUT2D eigenvalue weighted by atomic mass is 9.73. The standard InChI is InChI=1S/C9H14O2/c1-8(2)4-9(3)7(11-9)5-6(8)10-5/h5-7H,4H2,1-3H3/t5-,6+,7-,9+/m0/s1. The Balaban J connectivity index is 1.94. The van der Waals surface area contributed by atoms with Crippen molar-refractivity contribution in [3.05, 3.63) is 0 Å². The van der Waals surface area contributed by atoms with Crippen molar-refractivity contribution in [3.63, 3.8) is 0 Å². The summed E-state index contributed by atoms with van der Waals surface area (Å²) < 4.78 is 11.2. The number of ether oxygens (including phenoxy) is 2. The summed E-state index contributed by atoms with van der Waals surface area (Å²) in [5, 5.41) is 0. The van der Waals surface area contributed by atoms with Crippen LogP contribution in [0.3, 0.4) is 0 Å². The van der Waals surface area contributed by atoms with E-state index in [0.717, 1.165) is 6.42 Å². The fraction of sp³-hybridized carbons (Fsp3) is 1.00. The Morgan fingerprint density at radius 3 is 2.64 bits per heavy atom. The van der Waals surface area contributed by atoms with Crippen LogP contribution in [-0.4, -0.2) is 23.9 Å². The highest BCUT2D eigenvalue weighted by atomic mass is 16.7. The average Bonchev–Trinajstić information content (AvgIpc) is 2.56. The minimum absolute atomic E-state index is 0.168. The van der Waals surface area contributed by atoms with Crippen molar-refractivity contribution < 1.29 is 9.47 Å². The van der Waals surface area contributed by atoms with E-state index in [4.69, 9.17) is 9.47 Å². The molecule has 0 N–H and O–H groups in total. The Kier molecular flexibility index (Phi) is 0.807. The summed E-state index contributed by atoms with van der Waals surface area (Å²) in [6.07, 6.45) is 2.51. The third-order valence-electron chi connectivity index (χ3n) is 3.34. The number of rotatable bonds is 0. The largest absolute Gasteiger partial charge is 0.366 e. The van der Waals surface area contributed by atoms with E-state index in [1.807, 2.05) is 0 Å². The van der Waals surface area contributed by atoms with Crippen LogP contribution in [0.1, 0.15) is 27.2 Å². The van der Waals surface area contributed by atoms with Gasteiger partial charge in [0.1, 0.15) is 12.2 Å². The molecular formula is C9H14O2. The summed E-state index contributed by atoms with van der Waals surface area (Å²) in [4.78, 5) is 0. The molecule has 0 amide bonds. The molecule has 3 rings (SSSR count). The first-order valence-corrected chi connectivity index (χ1v) is 4.36.